The Morgan fingerprint density at radius 1 is 1.17 bits per heavy atom. The highest BCUT2D eigenvalue weighted by atomic mass is 32.2. The molecule has 1 atom stereocenters. The van der Waals surface area contributed by atoms with E-state index in [1.165, 1.54) is 28.7 Å². The molecule has 1 aromatic heterocycles. The molecule has 0 radical (unpaired) electrons. The average Bonchev–Trinajstić information content (AvgIpc) is 3.36. The molecule has 0 fully saturated rings. The molecular formula is C20H20N4O3S2. The van der Waals surface area contributed by atoms with E-state index in [9.17, 15) is 4.79 Å². The molecule has 1 aliphatic heterocycles. The summed E-state index contributed by atoms with van der Waals surface area (Å²) < 4.78 is 11.4. The number of hydrogen-bond acceptors (Lipinski definition) is 8. The molecule has 2 aromatic carbocycles. The maximum absolute atomic E-state index is 12.4. The molecule has 1 aliphatic rings. The van der Waals surface area contributed by atoms with Crippen molar-refractivity contribution in [2.24, 2.45) is 0 Å². The number of nitrogens with zero attached hydrogens (tertiary/aromatic N) is 2. The second-order valence-electron chi connectivity index (χ2n) is 6.53. The first-order chi connectivity index (χ1) is 14.1. The van der Waals surface area contributed by atoms with Crippen molar-refractivity contribution in [3.63, 3.8) is 0 Å². The van der Waals surface area contributed by atoms with Gasteiger partial charge in [-0.05, 0) is 43.7 Å². The molecule has 0 saturated carbocycles. The second kappa shape index (κ2) is 8.71. The number of rotatable bonds is 7. The number of aryl methyl sites for hydroxylation is 1. The fourth-order valence-corrected chi connectivity index (χ4v) is 4.60. The van der Waals surface area contributed by atoms with Crippen LogP contribution in [0.25, 0.3) is 0 Å². The van der Waals surface area contributed by atoms with Gasteiger partial charge in [-0.2, -0.15) is 0 Å². The number of carbonyl (C=O) groups excluding carboxylic acids is 1. The quantitative estimate of drug-likeness (QED) is 0.548. The van der Waals surface area contributed by atoms with E-state index < -0.39 is 0 Å². The van der Waals surface area contributed by atoms with E-state index in [1.807, 2.05) is 56.3 Å². The molecule has 3 aromatic rings. The zero-order chi connectivity index (χ0) is 20.2. The van der Waals surface area contributed by atoms with Crippen LogP contribution in [0.15, 0.2) is 46.8 Å². The summed E-state index contributed by atoms with van der Waals surface area (Å²) in [5, 5.41) is 14.9. The van der Waals surface area contributed by atoms with Crippen LogP contribution in [0.5, 0.6) is 11.5 Å². The number of amides is 1. The van der Waals surface area contributed by atoms with Crippen LogP contribution in [0.4, 0.5) is 10.8 Å². The van der Waals surface area contributed by atoms with Crippen molar-refractivity contribution in [1.29, 1.82) is 0 Å². The second-order valence-corrected chi connectivity index (χ2v) is 9.10. The maximum Gasteiger partial charge on any atom is 0.233 e. The predicted octanol–water partition coefficient (Wildman–Crippen LogP) is 4.12. The molecule has 29 heavy (non-hydrogen) atoms. The van der Waals surface area contributed by atoms with Crippen LogP contribution in [0.2, 0.25) is 0 Å². The molecule has 2 N–H and O–H groups in total. The van der Waals surface area contributed by atoms with Crippen molar-refractivity contribution >= 4 is 39.8 Å². The molecule has 9 heteroatoms. The SMILES string of the molecule is Cc1ccc(Nc2nnc(SC(C)C(=O)NCc3ccc4c(c3)OCO4)s2)cc1. The van der Waals surface area contributed by atoms with Crippen LogP contribution in [-0.2, 0) is 11.3 Å². The number of hydrogen-bond donors (Lipinski definition) is 2. The molecule has 1 unspecified atom stereocenters. The molecule has 7 nitrogen and oxygen atoms in total. The van der Waals surface area contributed by atoms with Gasteiger partial charge in [-0.15, -0.1) is 10.2 Å². The predicted molar refractivity (Wildman–Crippen MR) is 114 cm³/mol. The standard InChI is InChI=1S/C20H20N4O3S2/c1-12-3-6-15(7-4-12)22-19-23-24-20(29-19)28-13(2)18(25)21-10-14-5-8-16-17(9-14)27-11-26-16/h3-9,13H,10-11H2,1-2H3,(H,21,25)(H,22,23). The van der Waals surface area contributed by atoms with Crippen LogP contribution in [0.3, 0.4) is 0 Å². The van der Waals surface area contributed by atoms with Gasteiger partial charge < -0.3 is 20.1 Å². The first-order valence-corrected chi connectivity index (χ1v) is 10.8. The lowest BCUT2D eigenvalue weighted by molar-refractivity contribution is -0.120. The number of aromatic nitrogens is 2. The summed E-state index contributed by atoms with van der Waals surface area (Å²) in [6.45, 7) is 4.56. The van der Waals surface area contributed by atoms with Gasteiger partial charge in [0.25, 0.3) is 0 Å². The number of nitrogens with one attached hydrogen (secondary N) is 2. The Morgan fingerprint density at radius 3 is 2.79 bits per heavy atom. The van der Waals surface area contributed by atoms with Crippen molar-refractivity contribution in [3.8, 4) is 11.5 Å². The number of thioether (sulfide) groups is 1. The van der Waals surface area contributed by atoms with Crippen LogP contribution in [0.1, 0.15) is 18.1 Å². The highest BCUT2D eigenvalue weighted by molar-refractivity contribution is 8.02. The Morgan fingerprint density at radius 2 is 1.97 bits per heavy atom. The fraction of sp³-hybridized carbons (Fsp3) is 0.250. The minimum absolute atomic E-state index is 0.0593. The molecule has 150 valence electrons. The van der Waals surface area contributed by atoms with E-state index in [0.717, 1.165) is 21.3 Å². The zero-order valence-corrected chi connectivity index (χ0v) is 17.6. The van der Waals surface area contributed by atoms with Crippen molar-refractivity contribution in [2.75, 3.05) is 12.1 Å². The third-order valence-electron chi connectivity index (χ3n) is 4.26. The van der Waals surface area contributed by atoms with E-state index in [2.05, 4.69) is 20.8 Å². The fourth-order valence-electron chi connectivity index (χ4n) is 2.66. The third kappa shape index (κ3) is 4.99. The molecular weight excluding hydrogens is 408 g/mol. The van der Waals surface area contributed by atoms with E-state index in [-0.39, 0.29) is 18.0 Å². The molecule has 0 spiro atoms. The first kappa shape index (κ1) is 19.5. The van der Waals surface area contributed by atoms with E-state index in [1.54, 1.807) is 0 Å². The molecule has 0 bridgehead atoms. The lowest BCUT2D eigenvalue weighted by Crippen LogP contribution is -2.30. The highest BCUT2D eigenvalue weighted by Crippen LogP contribution is 2.33. The van der Waals surface area contributed by atoms with Gasteiger partial charge >= 0.3 is 0 Å². The van der Waals surface area contributed by atoms with E-state index in [0.29, 0.717) is 17.4 Å². The van der Waals surface area contributed by atoms with Crippen molar-refractivity contribution in [2.45, 2.75) is 30.0 Å². The van der Waals surface area contributed by atoms with Gasteiger partial charge in [0, 0.05) is 12.2 Å². The van der Waals surface area contributed by atoms with Gasteiger partial charge in [0.1, 0.15) is 0 Å². The molecule has 0 saturated heterocycles. The van der Waals surface area contributed by atoms with Crippen LogP contribution in [0, 0.1) is 6.92 Å². The Labute approximate surface area is 176 Å². The maximum atomic E-state index is 12.4. The van der Waals surface area contributed by atoms with Crippen molar-refractivity contribution in [1.82, 2.24) is 15.5 Å². The monoisotopic (exact) mass is 428 g/mol. The van der Waals surface area contributed by atoms with Gasteiger partial charge in [0.2, 0.25) is 17.8 Å². The molecule has 0 aliphatic carbocycles. The average molecular weight is 429 g/mol. The van der Waals surface area contributed by atoms with Gasteiger partial charge in [0.15, 0.2) is 15.8 Å². The van der Waals surface area contributed by atoms with Gasteiger partial charge in [-0.1, -0.05) is 46.9 Å². The summed E-state index contributed by atoms with van der Waals surface area (Å²) in [4.78, 5) is 12.4. The van der Waals surface area contributed by atoms with Gasteiger partial charge in [0.05, 0.1) is 5.25 Å². The summed E-state index contributed by atoms with van der Waals surface area (Å²) in [6.07, 6.45) is 0. The topological polar surface area (TPSA) is 85.4 Å². The van der Waals surface area contributed by atoms with E-state index in [4.69, 9.17) is 9.47 Å². The largest absolute Gasteiger partial charge is 0.454 e. The van der Waals surface area contributed by atoms with Crippen molar-refractivity contribution in [3.05, 3.63) is 53.6 Å². The zero-order valence-electron chi connectivity index (χ0n) is 16.0. The lowest BCUT2D eigenvalue weighted by atomic mass is 10.2. The summed E-state index contributed by atoms with van der Waals surface area (Å²) >= 11 is 2.81. The minimum Gasteiger partial charge on any atom is -0.454 e. The van der Waals surface area contributed by atoms with Crippen LogP contribution < -0.4 is 20.1 Å². The minimum atomic E-state index is -0.288. The Hall–Kier alpha value is -2.78. The summed E-state index contributed by atoms with van der Waals surface area (Å²) in [5.41, 5.74) is 3.11. The third-order valence-corrected chi connectivity index (χ3v) is 6.28. The molecule has 2 heterocycles. The Kier molecular flexibility index (Phi) is 5.86. The molecule has 1 amide bonds. The van der Waals surface area contributed by atoms with E-state index >= 15 is 0 Å². The Bertz CT molecular complexity index is 1010. The van der Waals surface area contributed by atoms with Gasteiger partial charge in [-0.25, -0.2) is 0 Å². The summed E-state index contributed by atoms with van der Waals surface area (Å²) in [5.74, 6) is 1.38. The van der Waals surface area contributed by atoms with Crippen LogP contribution >= 0.6 is 23.1 Å². The van der Waals surface area contributed by atoms with Crippen molar-refractivity contribution < 1.29 is 14.3 Å². The summed E-state index contributed by atoms with van der Waals surface area (Å²) in [6, 6.07) is 13.7. The number of fused-ring (bicyclic) bond motifs is 1. The molecule has 4 rings (SSSR count). The highest BCUT2D eigenvalue weighted by Gasteiger charge is 2.18. The smallest absolute Gasteiger partial charge is 0.233 e. The lowest BCUT2D eigenvalue weighted by Gasteiger charge is -2.10. The number of carbonyl (C=O) groups is 1. The van der Waals surface area contributed by atoms with Gasteiger partial charge in [-0.3, -0.25) is 4.79 Å². The Balaban J connectivity index is 1.28. The van der Waals surface area contributed by atoms with Crippen LogP contribution in [-0.4, -0.2) is 28.1 Å². The first-order valence-electron chi connectivity index (χ1n) is 9.07. The number of anilines is 2. The number of ether oxygens (including phenoxy) is 2. The summed E-state index contributed by atoms with van der Waals surface area (Å²) in [7, 11) is 0. The normalized spacial score (nSPS) is 13.2. The number of benzene rings is 2.